The van der Waals surface area contributed by atoms with E-state index in [0.717, 1.165) is 5.56 Å². The van der Waals surface area contributed by atoms with Gasteiger partial charge in [-0.05, 0) is 40.9 Å². The van der Waals surface area contributed by atoms with Gasteiger partial charge in [-0.25, -0.2) is 10.9 Å². The second-order valence-electron chi connectivity index (χ2n) is 6.72. The van der Waals surface area contributed by atoms with E-state index >= 15 is 0 Å². The Morgan fingerprint density at radius 3 is 2.44 bits per heavy atom. The second-order valence-corrected chi connectivity index (χ2v) is 6.72. The Morgan fingerprint density at radius 2 is 1.72 bits per heavy atom. The molecule has 0 saturated heterocycles. The van der Waals surface area contributed by atoms with Crippen molar-refractivity contribution in [3.8, 4) is 11.9 Å². The fraction of sp³-hybridized carbons (Fsp3) is 0. The lowest BCUT2D eigenvalue weighted by atomic mass is 10.2. The van der Waals surface area contributed by atoms with Gasteiger partial charge in [-0.1, -0.05) is 42.5 Å². The summed E-state index contributed by atoms with van der Waals surface area (Å²) in [6.07, 6.45) is 6.54. The van der Waals surface area contributed by atoms with Gasteiger partial charge in [-0.15, -0.1) is 0 Å². The zero-order valence-electron chi connectivity index (χ0n) is 16.8. The van der Waals surface area contributed by atoms with Gasteiger partial charge in [0.05, 0.1) is 11.9 Å². The molecule has 152 valence electrons. The second kappa shape index (κ2) is 9.26. The third-order valence-corrected chi connectivity index (χ3v) is 4.55. The van der Waals surface area contributed by atoms with Gasteiger partial charge in [-0.2, -0.15) is 9.83 Å². The molecule has 7 nitrogen and oxygen atoms in total. The van der Waals surface area contributed by atoms with Crippen molar-refractivity contribution in [1.29, 1.82) is 5.26 Å². The average molecular weight is 416 g/mol. The van der Waals surface area contributed by atoms with Crippen LogP contribution in [0.4, 0.5) is 5.69 Å². The highest BCUT2D eigenvalue weighted by Gasteiger charge is 2.22. The number of benzene rings is 2. The summed E-state index contributed by atoms with van der Waals surface area (Å²) in [6.45, 7) is 0. The highest BCUT2D eigenvalue weighted by molar-refractivity contribution is 6.02. The molecule has 0 unspecified atom stereocenters. The fourth-order valence-corrected chi connectivity index (χ4v) is 3.07. The maximum Gasteiger partial charge on any atom is 0.356 e. The number of anilines is 1. The molecule has 0 saturated carbocycles. The molecule has 0 aliphatic carbocycles. The van der Waals surface area contributed by atoms with E-state index in [2.05, 4.69) is 15.3 Å². The first-order valence-corrected chi connectivity index (χ1v) is 9.68. The van der Waals surface area contributed by atoms with Gasteiger partial charge in [-0.3, -0.25) is 4.79 Å². The summed E-state index contributed by atoms with van der Waals surface area (Å²) in [6, 6.07) is 22.1. The predicted molar refractivity (Wildman–Crippen MR) is 123 cm³/mol. The molecule has 0 spiro atoms. The van der Waals surface area contributed by atoms with Crippen molar-refractivity contribution in [3.63, 3.8) is 0 Å². The Morgan fingerprint density at radius 1 is 1.00 bits per heavy atom. The van der Waals surface area contributed by atoms with Gasteiger partial charge < -0.3 is 10.7 Å². The van der Waals surface area contributed by atoms with Crippen molar-refractivity contribution >= 4 is 40.1 Å². The zero-order chi connectivity index (χ0) is 22.3. The first-order chi connectivity index (χ1) is 15.7. The molecule has 0 bridgehead atoms. The van der Waals surface area contributed by atoms with Crippen LogP contribution in [0.3, 0.4) is 0 Å². The van der Waals surface area contributed by atoms with Crippen molar-refractivity contribution in [2.24, 2.45) is 0 Å². The number of hydrogen-bond acceptors (Lipinski definition) is 4. The van der Waals surface area contributed by atoms with Crippen LogP contribution in [0.25, 0.3) is 33.9 Å². The summed E-state index contributed by atoms with van der Waals surface area (Å²) in [7, 11) is 0. The monoisotopic (exact) mass is 416 g/mol. The van der Waals surface area contributed by atoms with E-state index in [4.69, 9.17) is 0 Å². The molecule has 32 heavy (non-hydrogen) atoms. The number of nitriles is 1. The number of aromatic nitrogens is 3. The van der Waals surface area contributed by atoms with E-state index in [9.17, 15) is 15.5 Å². The number of nitrogens with zero attached hydrogens (tertiary/aromatic N) is 5. The van der Waals surface area contributed by atoms with Crippen LogP contribution in [0.15, 0.2) is 85.2 Å². The van der Waals surface area contributed by atoms with Crippen molar-refractivity contribution in [3.05, 3.63) is 102 Å². The third kappa shape index (κ3) is 4.46. The van der Waals surface area contributed by atoms with E-state index in [1.165, 1.54) is 6.08 Å². The lowest BCUT2D eigenvalue weighted by molar-refractivity contribution is -0.599. The Hall–Kier alpha value is -4.92. The number of hydrogen-bond donors (Lipinski definition) is 1. The molecule has 1 N–H and O–H groups in total. The molecule has 0 atom stereocenters. The lowest BCUT2D eigenvalue weighted by Crippen LogP contribution is -2.33. The van der Waals surface area contributed by atoms with E-state index in [1.54, 1.807) is 47.3 Å². The minimum atomic E-state index is -0.294. The average Bonchev–Trinajstić information content (AvgIpc) is 2.84. The Kier molecular flexibility index (Phi) is 5.89. The fourth-order valence-electron chi connectivity index (χ4n) is 3.07. The molecule has 4 aromatic rings. The van der Waals surface area contributed by atoms with E-state index in [1.807, 2.05) is 54.4 Å². The summed E-state index contributed by atoms with van der Waals surface area (Å²) in [5.41, 5.74) is 2.65. The molecular formula is C25H16N6O. The molecule has 0 radical (unpaired) electrons. The van der Waals surface area contributed by atoms with Crippen LogP contribution in [0.1, 0.15) is 11.3 Å². The molecule has 7 heteroatoms. The molecule has 2 aromatic carbocycles. The van der Waals surface area contributed by atoms with E-state index < -0.39 is 0 Å². The van der Waals surface area contributed by atoms with Crippen LogP contribution in [0.5, 0.6) is 0 Å². The molecular weight excluding hydrogens is 400 g/mol. The van der Waals surface area contributed by atoms with Crippen LogP contribution in [-0.4, -0.2) is 21.7 Å². The Balaban J connectivity index is 1.69. The first kappa shape index (κ1) is 20.4. The van der Waals surface area contributed by atoms with Crippen molar-refractivity contribution in [2.75, 3.05) is 5.32 Å². The topological polar surface area (TPSA) is 105 Å². The molecule has 1 amide bonds. The molecule has 2 heterocycles. The SMILES string of the molecule is N#CC(=C=[N-])c1nc2ccccc2nc1-[n+]1cccc(NC(=O)C=Cc2ccccc2)c1. The summed E-state index contributed by atoms with van der Waals surface area (Å²) in [5, 5.41) is 21.6. The van der Waals surface area contributed by atoms with Crippen LogP contribution in [0, 0.1) is 11.3 Å². The van der Waals surface area contributed by atoms with Gasteiger partial charge in [0.1, 0.15) is 23.4 Å². The number of carbonyl (C=O) groups is 1. The summed E-state index contributed by atoms with van der Waals surface area (Å²) < 4.78 is 1.62. The molecule has 0 fully saturated rings. The summed E-state index contributed by atoms with van der Waals surface area (Å²) in [4.78, 5) is 21.4. The number of nitrogens with one attached hydrogen (secondary N) is 1. The van der Waals surface area contributed by atoms with Gasteiger partial charge in [0.2, 0.25) is 11.4 Å². The standard InChI is InChI=1S/C25H16N6O/c26-15-19(16-27)24-25(30-22-11-5-4-10-21(22)29-24)31-14-6-9-20(17-31)28-23(32)13-12-18-7-2-1-3-8-18/h1-14,17H,(H,28,32). The summed E-state index contributed by atoms with van der Waals surface area (Å²) >= 11 is 0. The maximum atomic E-state index is 12.4. The van der Waals surface area contributed by atoms with Crippen molar-refractivity contribution < 1.29 is 9.36 Å². The number of rotatable bonds is 5. The number of pyridine rings is 1. The Labute approximate surface area is 184 Å². The largest absolute Gasteiger partial charge is 0.762 e. The highest BCUT2D eigenvalue weighted by Crippen LogP contribution is 2.18. The number of carbonyl (C=O) groups excluding carboxylic acids is 1. The van der Waals surface area contributed by atoms with Crippen molar-refractivity contribution in [2.45, 2.75) is 0 Å². The minimum absolute atomic E-state index is 0.147. The van der Waals surface area contributed by atoms with Gasteiger partial charge in [0.25, 0.3) is 0 Å². The van der Waals surface area contributed by atoms with E-state index in [-0.39, 0.29) is 17.2 Å². The van der Waals surface area contributed by atoms with Crippen LogP contribution in [0.2, 0.25) is 0 Å². The Bertz CT molecular complexity index is 1430. The normalized spacial score (nSPS) is 10.5. The molecule has 0 aliphatic rings. The van der Waals surface area contributed by atoms with Crippen LogP contribution >= 0.6 is 0 Å². The number of allylic oxidation sites excluding steroid dienone is 1. The number of fused-ring (bicyclic) bond motifs is 1. The lowest BCUT2D eigenvalue weighted by Gasteiger charge is -2.06. The number of amides is 1. The van der Waals surface area contributed by atoms with Gasteiger partial charge >= 0.3 is 5.82 Å². The van der Waals surface area contributed by atoms with Gasteiger partial charge in [0, 0.05) is 6.08 Å². The maximum absolute atomic E-state index is 12.4. The minimum Gasteiger partial charge on any atom is -0.762 e. The number of para-hydroxylation sites is 2. The smallest absolute Gasteiger partial charge is 0.356 e. The molecule has 0 aliphatic heterocycles. The van der Waals surface area contributed by atoms with Gasteiger partial charge in [0.15, 0.2) is 5.69 Å². The predicted octanol–water partition coefficient (Wildman–Crippen LogP) is 3.70. The van der Waals surface area contributed by atoms with Crippen LogP contribution < -0.4 is 9.88 Å². The third-order valence-electron chi connectivity index (χ3n) is 4.55. The first-order valence-electron chi connectivity index (χ1n) is 9.68. The summed E-state index contributed by atoms with van der Waals surface area (Å²) in [5.74, 6) is 1.91. The molecule has 4 rings (SSSR count). The van der Waals surface area contributed by atoms with Crippen molar-refractivity contribution in [1.82, 2.24) is 9.97 Å². The van der Waals surface area contributed by atoms with E-state index in [0.29, 0.717) is 22.5 Å². The quantitative estimate of drug-likeness (QED) is 0.232. The zero-order valence-corrected chi connectivity index (χ0v) is 16.8. The molecule has 2 aromatic heterocycles. The highest BCUT2D eigenvalue weighted by atomic mass is 16.1. The van der Waals surface area contributed by atoms with Crippen LogP contribution in [-0.2, 0) is 4.79 Å².